The van der Waals surface area contributed by atoms with E-state index in [1.54, 1.807) is 18.2 Å². The number of anilines is 5. The van der Waals surface area contributed by atoms with Gasteiger partial charge in [-0.3, -0.25) is 0 Å². The molecule has 0 bridgehead atoms. The van der Waals surface area contributed by atoms with Crippen LogP contribution in [0.4, 0.5) is 38.0 Å². The van der Waals surface area contributed by atoms with Gasteiger partial charge in [0.25, 0.3) is 0 Å². The van der Waals surface area contributed by atoms with Gasteiger partial charge >= 0.3 is 0 Å². The molecule has 2 aromatic carbocycles. The molecule has 0 saturated heterocycles. The Morgan fingerprint density at radius 3 is 1.53 bits per heavy atom. The van der Waals surface area contributed by atoms with Gasteiger partial charge in [0, 0.05) is 36.6 Å². The summed E-state index contributed by atoms with van der Waals surface area (Å²) >= 11 is 16.0. The van der Waals surface area contributed by atoms with Gasteiger partial charge in [-0.15, -0.1) is 0 Å². The highest BCUT2D eigenvalue weighted by Crippen LogP contribution is 2.23. The topological polar surface area (TPSA) is 158 Å². The molecular formula is C26H31Cl3F2N10O2. The van der Waals surface area contributed by atoms with Crippen molar-refractivity contribution in [1.29, 1.82) is 0 Å². The van der Waals surface area contributed by atoms with Crippen LogP contribution in [-0.4, -0.2) is 57.2 Å². The molecular weight excluding hydrogens is 629 g/mol. The molecule has 0 aliphatic heterocycles. The average molecular weight is 660 g/mol. The van der Waals surface area contributed by atoms with Crippen LogP contribution in [0.25, 0.3) is 0 Å². The molecule has 0 atom stereocenters. The van der Waals surface area contributed by atoms with Crippen LogP contribution in [0.2, 0.25) is 15.9 Å². The molecule has 5 N–H and O–H groups in total. The molecule has 4 aromatic rings. The Labute approximate surface area is 262 Å². The van der Waals surface area contributed by atoms with Gasteiger partial charge in [-0.05, 0) is 71.9 Å². The number of hydrogen-bond donors (Lipinski definition) is 4. The summed E-state index contributed by atoms with van der Waals surface area (Å²) in [5, 5.41) is 9.25. The number of nitrogens with one attached hydrogen (secondary N) is 3. The second kappa shape index (κ2) is 18.5. The Kier molecular flexibility index (Phi) is 15.1. The maximum absolute atomic E-state index is 13.8. The second-order valence-corrected chi connectivity index (χ2v) is 9.18. The van der Waals surface area contributed by atoms with Crippen LogP contribution in [0.5, 0.6) is 11.5 Å². The van der Waals surface area contributed by atoms with Crippen molar-refractivity contribution in [3.63, 3.8) is 0 Å². The van der Waals surface area contributed by atoms with Crippen molar-refractivity contribution in [3.8, 4) is 11.5 Å². The minimum Gasteiger partial charge on any atom is -0.494 e. The molecule has 0 saturated carbocycles. The first-order valence-electron chi connectivity index (χ1n) is 12.7. The summed E-state index contributed by atoms with van der Waals surface area (Å²) in [5.41, 5.74) is 6.22. The zero-order valence-corrected chi connectivity index (χ0v) is 26.0. The summed E-state index contributed by atoms with van der Waals surface area (Å²) in [6.45, 7) is 5.63. The smallest absolute Gasteiger partial charge is 0.233 e. The van der Waals surface area contributed by atoms with E-state index in [1.165, 1.54) is 32.4 Å². The predicted octanol–water partition coefficient (Wildman–Crippen LogP) is 6.66. The number of ether oxygens (including phenoxy) is 2. The summed E-state index contributed by atoms with van der Waals surface area (Å²) in [5.74, 6) is 0.810. The molecule has 0 unspecified atom stereocenters. The normalized spacial score (nSPS) is 9.98. The fourth-order valence-corrected chi connectivity index (χ4v) is 3.53. The van der Waals surface area contributed by atoms with E-state index in [2.05, 4.69) is 64.4 Å². The van der Waals surface area contributed by atoms with Crippen LogP contribution < -0.4 is 31.2 Å². The minimum atomic E-state index is -0.454. The molecule has 0 spiro atoms. The molecule has 232 valence electrons. The first-order chi connectivity index (χ1) is 20.6. The Bertz CT molecular complexity index is 1380. The molecule has 12 nitrogen and oxygen atoms in total. The van der Waals surface area contributed by atoms with Crippen molar-refractivity contribution in [3.05, 3.63) is 63.9 Å². The third-order valence-electron chi connectivity index (χ3n) is 4.84. The molecule has 17 heteroatoms. The molecule has 0 aliphatic carbocycles. The monoisotopic (exact) mass is 658 g/mol. The van der Waals surface area contributed by atoms with Gasteiger partial charge in [-0.25, -0.2) is 8.78 Å². The van der Waals surface area contributed by atoms with Crippen molar-refractivity contribution in [2.45, 2.75) is 26.7 Å². The number of rotatable bonds is 10. The fourth-order valence-electron chi connectivity index (χ4n) is 2.92. The summed E-state index contributed by atoms with van der Waals surface area (Å²) in [7, 11) is 2.84. The van der Waals surface area contributed by atoms with E-state index in [-0.39, 0.29) is 27.3 Å². The number of hydrogen-bond acceptors (Lipinski definition) is 12. The molecule has 0 aliphatic rings. The van der Waals surface area contributed by atoms with Crippen LogP contribution in [0.3, 0.4) is 0 Å². The first kappa shape index (κ1) is 35.2. The lowest BCUT2D eigenvalue weighted by atomic mass is 10.3. The van der Waals surface area contributed by atoms with Crippen molar-refractivity contribution >= 4 is 64.0 Å². The number of nitrogens with zero attached hydrogens (tertiary/aromatic N) is 6. The zero-order valence-electron chi connectivity index (χ0n) is 23.8. The lowest BCUT2D eigenvalue weighted by molar-refractivity contribution is 0.386. The summed E-state index contributed by atoms with van der Waals surface area (Å²) in [4.78, 5) is 23.3. The van der Waals surface area contributed by atoms with Crippen molar-refractivity contribution in [2.24, 2.45) is 0 Å². The Balaban J connectivity index is 0.000000276. The SMILES string of the molecule is CCCNc1nc(NCCC)nc(Nc2ccc(OC)c(F)c2)n1.COc1ccc(N)cc1F.Clc1nc(Cl)nc(Cl)n1. The molecule has 2 aromatic heterocycles. The second-order valence-electron chi connectivity index (χ2n) is 8.17. The molecule has 0 radical (unpaired) electrons. The van der Waals surface area contributed by atoms with E-state index in [1.807, 2.05) is 0 Å². The quantitative estimate of drug-likeness (QED) is 0.134. The van der Waals surface area contributed by atoms with Gasteiger partial charge in [0.15, 0.2) is 23.1 Å². The van der Waals surface area contributed by atoms with E-state index in [0.717, 1.165) is 25.9 Å². The zero-order chi connectivity index (χ0) is 31.8. The maximum atomic E-state index is 13.8. The Morgan fingerprint density at radius 1 is 0.674 bits per heavy atom. The third kappa shape index (κ3) is 12.8. The maximum Gasteiger partial charge on any atom is 0.233 e. The van der Waals surface area contributed by atoms with Gasteiger partial charge in [0.05, 0.1) is 14.2 Å². The summed E-state index contributed by atoms with van der Waals surface area (Å²) in [6.07, 6.45) is 1.91. The lowest BCUT2D eigenvalue weighted by Gasteiger charge is -2.11. The van der Waals surface area contributed by atoms with E-state index in [9.17, 15) is 8.78 Å². The Morgan fingerprint density at radius 2 is 1.12 bits per heavy atom. The van der Waals surface area contributed by atoms with Gasteiger partial charge in [0.1, 0.15) is 0 Å². The van der Waals surface area contributed by atoms with Crippen LogP contribution >= 0.6 is 34.8 Å². The number of methoxy groups -OCH3 is 2. The molecule has 2 heterocycles. The lowest BCUT2D eigenvalue weighted by Crippen LogP contribution is -2.12. The van der Waals surface area contributed by atoms with Crippen molar-refractivity contribution in [2.75, 3.05) is 49.0 Å². The van der Waals surface area contributed by atoms with E-state index >= 15 is 0 Å². The van der Waals surface area contributed by atoms with Gasteiger partial charge in [0.2, 0.25) is 33.7 Å². The fraction of sp³-hybridized carbons (Fsp3) is 0.308. The number of nitrogens with two attached hydrogens (primary N) is 1. The molecule has 4 rings (SSSR count). The van der Waals surface area contributed by atoms with E-state index in [0.29, 0.717) is 29.2 Å². The van der Waals surface area contributed by atoms with Crippen LogP contribution in [-0.2, 0) is 0 Å². The number of benzene rings is 2. The van der Waals surface area contributed by atoms with Crippen LogP contribution in [0.15, 0.2) is 36.4 Å². The highest BCUT2D eigenvalue weighted by molar-refractivity contribution is 6.33. The minimum absolute atomic E-state index is 0.000000000000000444. The highest BCUT2D eigenvalue weighted by atomic mass is 35.5. The number of halogens is 5. The Hall–Kier alpha value is -4.01. The number of aromatic nitrogens is 6. The van der Waals surface area contributed by atoms with Crippen LogP contribution in [0, 0.1) is 11.6 Å². The highest BCUT2D eigenvalue weighted by Gasteiger charge is 2.09. The molecule has 0 amide bonds. The molecule has 0 fully saturated rings. The van der Waals surface area contributed by atoms with Crippen LogP contribution in [0.1, 0.15) is 26.7 Å². The number of nitrogen functional groups attached to an aromatic ring is 1. The third-order valence-corrected chi connectivity index (χ3v) is 5.35. The van der Waals surface area contributed by atoms with E-state index in [4.69, 9.17) is 45.3 Å². The largest absolute Gasteiger partial charge is 0.494 e. The summed E-state index contributed by atoms with van der Waals surface area (Å²) < 4.78 is 36.0. The van der Waals surface area contributed by atoms with Gasteiger partial charge < -0.3 is 31.2 Å². The average Bonchev–Trinajstić information content (AvgIpc) is 2.95. The predicted molar refractivity (Wildman–Crippen MR) is 166 cm³/mol. The van der Waals surface area contributed by atoms with Crippen molar-refractivity contribution < 1.29 is 18.3 Å². The first-order valence-corrected chi connectivity index (χ1v) is 13.9. The van der Waals surface area contributed by atoms with Gasteiger partial charge in [-0.1, -0.05) is 13.8 Å². The summed E-state index contributed by atoms with van der Waals surface area (Å²) in [6, 6.07) is 8.88. The van der Waals surface area contributed by atoms with Gasteiger partial charge in [-0.2, -0.15) is 29.9 Å². The standard InChI is InChI=1S/C16H23FN6O.C7H8FNO.C3Cl3N3/c1-4-8-18-14-21-15(19-9-5-2)23-16(22-14)20-11-6-7-13(24-3)12(17)10-11;1-10-7-3-2-5(9)4-6(7)8;4-1-7-2(5)9-3(6)8-1/h6-7,10H,4-5,8-9H2,1-3H3,(H3,18,19,20,21,22,23);2-4H,9H2,1H3;. The molecule has 43 heavy (non-hydrogen) atoms. The van der Waals surface area contributed by atoms with E-state index < -0.39 is 11.6 Å². The van der Waals surface area contributed by atoms with Crippen molar-refractivity contribution in [1.82, 2.24) is 29.9 Å².